The number of nitrogens with zero attached hydrogens (tertiary/aromatic N) is 1. The Hall–Kier alpha value is -0.370. The van der Waals surface area contributed by atoms with Crippen molar-refractivity contribution in [1.82, 2.24) is 4.90 Å². The van der Waals surface area contributed by atoms with E-state index < -0.39 is 0 Å². The molecule has 1 fully saturated rings. The Bertz CT molecular complexity index is 151. The largest absolute Gasteiger partial charge is 0.298 e. The van der Waals surface area contributed by atoms with E-state index in [1.807, 2.05) is 13.8 Å². The lowest BCUT2D eigenvalue weighted by molar-refractivity contribution is -0.123. The summed E-state index contributed by atoms with van der Waals surface area (Å²) in [7, 11) is 0. The first kappa shape index (κ1) is 7.73. The van der Waals surface area contributed by atoms with Crippen molar-refractivity contribution in [1.29, 1.82) is 0 Å². The molecule has 1 heterocycles. The Morgan fingerprint density at radius 3 is 2.40 bits per heavy atom. The van der Waals surface area contributed by atoms with Gasteiger partial charge in [0.15, 0.2) is 5.78 Å². The van der Waals surface area contributed by atoms with Gasteiger partial charge in [0.2, 0.25) is 0 Å². The molecule has 0 bridgehead atoms. The van der Waals surface area contributed by atoms with Gasteiger partial charge in [-0.1, -0.05) is 6.92 Å². The maximum absolute atomic E-state index is 11.2. The second-order valence-electron chi connectivity index (χ2n) is 3.31. The minimum absolute atomic E-state index is 0.186. The fourth-order valence-corrected chi connectivity index (χ4v) is 1.55. The monoisotopic (exact) mass is 141 g/mol. The van der Waals surface area contributed by atoms with Gasteiger partial charge in [-0.05, 0) is 20.4 Å². The lowest BCUT2D eigenvalue weighted by Gasteiger charge is -2.28. The number of hydrogen-bond acceptors (Lipinski definition) is 2. The van der Waals surface area contributed by atoms with Gasteiger partial charge in [0.05, 0.1) is 5.54 Å². The summed E-state index contributed by atoms with van der Waals surface area (Å²) in [5, 5.41) is 0. The van der Waals surface area contributed by atoms with E-state index in [0.717, 1.165) is 19.5 Å². The third-order valence-electron chi connectivity index (χ3n) is 2.46. The first-order valence-corrected chi connectivity index (χ1v) is 3.87. The molecule has 0 aromatic rings. The van der Waals surface area contributed by atoms with E-state index in [9.17, 15) is 4.79 Å². The molecule has 0 amide bonds. The number of ketones is 1. The first-order valence-electron chi connectivity index (χ1n) is 3.87. The van der Waals surface area contributed by atoms with E-state index in [2.05, 4.69) is 11.8 Å². The van der Waals surface area contributed by atoms with E-state index in [1.165, 1.54) is 0 Å². The molecule has 0 atom stereocenters. The summed E-state index contributed by atoms with van der Waals surface area (Å²) in [6.45, 7) is 8.04. The van der Waals surface area contributed by atoms with Crippen LogP contribution < -0.4 is 0 Å². The molecule has 0 aromatic heterocycles. The summed E-state index contributed by atoms with van der Waals surface area (Å²) >= 11 is 0. The summed E-state index contributed by atoms with van der Waals surface area (Å²) in [5.74, 6) is 0.384. The third kappa shape index (κ3) is 0.966. The number of Topliss-reactive ketones (excluding diaryl/α,β-unsaturated/α-hetero) is 1. The Morgan fingerprint density at radius 2 is 2.20 bits per heavy atom. The van der Waals surface area contributed by atoms with E-state index in [-0.39, 0.29) is 5.54 Å². The summed E-state index contributed by atoms with van der Waals surface area (Å²) in [5.41, 5.74) is -0.186. The van der Waals surface area contributed by atoms with Crippen LogP contribution in [0.15, 0.2) is 0 Å². The zero-order valence-corrected chi connectivity index (χ0v) is 6.98. The standard InChI is InChI=1S/C8H15NO/c1-4-9-6-5-7(10)8(9,2)3/h4-6H2,1-3H3. The fourth-order valence-electron chi connectivity index (χ4n) is 1.55. The van der Waals surface area contributed by atoms with E-state index in [1.54, 1.807) is 0 Å². The van der Waals surface area contributed by atoms with Crippen molar-refractivity contribution in [3.8, 4) is 0 Å². The topological polar surface area (TPSA) is 20.3 Å². The van der Waals surface area contributed by atoms with Gasteiger partial charge in [-0.15, -0.1) is 0 Å². The second-order valence-corrected chi connectivity index (χ2v) is 3.31. The van der Waals surface area contributed by atoms with Gasteiger partial charge in [-0.3, -0.25) is 9.69 Å². The molecule has 1 rings (SSSR count). The zero-order valence-electron chi connectivity index (χ0n) is 6.98. The van der Waals surface area contributed by atoms with Crippen molar-refractivity contribution >= 4 is 5.78 Å². The Labute approximate surface area is 62.2 Å². The molecule has 0 aromatic carbocycles. The molecule has 1 aliphatic rings. The van der Waals surface area contributed by atoms with Crippen LogP contribution >= 0.6 is 0 Å². The normalized spacial score (nSPS) is 25.7. The predicted octanol–water partition coefficient (Wildman–Crippen LogP) is 1.06. The minimum atomic E-state index is -0.186. The molecule has 0 radical (unpaired) electrons. The second kappa shape index (κ2) is 2.35. The highest BCUT2D eigenvalue weighted by Crippen LogP contribution is 2.23. The van der Waals surface area contributed by atoms with Gasteiger partial charge in [0.1, 0.15) is 0 Å². The lowest BCUT2D eigenvalue weighted by Crippen LogP contribution is -2.42. The molecule has 2 heteroatoms. The maximum Gasteiger partial charge on any atom is 0.153 e. The molecule has 1 saturated heterocycles. The van der Waals surface area contributed by atoms with Crippen molar-refractivity contribution in [2.45, 2.75) is 32.7 Å². The molecule has 10 heavy (non-hydrogen) atoms. The van der Waals surface area contributed by atoms with Crippen molar-refractivity contribution in [3.63, 3.8) is 0 Å². The van der Waals surface area contributed by atoms with Gasteiger partial charge in [0, 0.05) is 13.0 Å². The summed E-state index contributed by atoms with van der Waals surface area (Å²) in [6, 6.07) is 0. The Morgan fingerprint density at radius 1 is 1.60 bits per heavy atom. The first-order chi connectivity index (χ1) is 4.59. The van der Waals surface area contributed by atoms with Gasteiger partial charge in [-0.25, -0.2) is 0 Å². The highest BCUT2D eigenvalue weighted by Gasteiger charge is 2.38. The third-order valence-corrected chi connectivity index (χ3v) is 2.46. The van der Waals surface area contributed by atoms with Crippen LogP contribution in [0.25, 0.3) is 0 Å². The predicted molar refractivity (Wildman–Crippen MR) is 41.0 cm³/mol. The average Bonchev–Trinajstić information content (AvgIpc) is 2.10. The van der Waals surface area contributed by atoms with Gasteiger partial charge >= 0.3 is 0 Å². The highest BCUT2D eigenvalue weighted by molar-refractivity contribution is 5.89. The number of carbonyl (C=O) groups excluding carboxylic acids is 1. The van der Waals surface area contributed by atoms with Crippen LogP contribution in [0.3, 0.4) is 0 Å². The Kier molecular flexibility index (Phi) is 1.82. The molecule has 0 aliphatic carbocycles. The molecule has 2 nitrogen and oxygen atoms in total. The highest BCUT2D eigenvalue weighted by atomic mass is 16.1. The van der Waals surface area contributed by atoms with Gasteiger partial charge in [0.25, 0.3) is 0 Å². The van der Waals surface area contributed by atoms with Crippen LogP contribution in [0.4, 0.5) is 0 Å². The zero-order chi connectivity index (χ0) is 7.78. The summed E-state index contributed by atoms with van der Waals surface area (Å²) in [4.78, 5) is 13.4. The van der Waals surface area contributed by atoms with Crippen LogP contribution in [0, 0.1) is 0 Å². The van der Waals surface area contributed by atoms with Crippen LogP contribution in [0.2, 0.25) is 0 Å². The number of carbonyl (C=O) groups is 1. The fraction of sp³-hybridized carbons (Fsp3) is 0.875. The van der Waals surface area contributed by atoms with Crippen LogP contribution in [0.1, 0.15) is 27.2 Å². The minimum Gasteiger partial charge on any atom is -0.298 e. The molecule has 58 valence electrons. The lowest BCUT2D eigenvalue weighted by atomic mass is 10.0. The van der Waals surface area contributed by atoms with Crippen molar-refractivity contribution in [2.75, 3.05) is 13.1 Å². The molecule has 1 aliphatic heterocycles. The number of rotatable bonds is 1. The van der Waals surface area contributed by atoms with E-state index in [4.69, 9.17) is 0 Å². The molecular weight excluding hydrogens is 126 g/mol. The number of hydrogen-bond donors (Lipinski definition) is 0. The maximum atomic E-state index is 11.2. The molecule has 0 unspecified atom stereocenters. The van der Waals surface area contributed by atoms with Crippen LogP contribution in [0.5, 0.6) is 0 Å². The Balaban J connectivity index is 2.73. The van der Waals surface area contributed by atoms with Crippen LogP contribution in [-0.4, -0.2) is 29.3 Å². The van der Waals surface area contributed by atoms with Crippen molar-refractivity contribution in [3.05, 3.63) is 0 Å². The molecular formula is C8H15NO. The smallest absolute Gasteiger partial charge is 0.153 e. The SMILES string of the molecule is CCN1CCC(=O)C1(C)C. The van der Waals surface area contributed by atoms with Gasteiger partial charge < -0.3 is 0 Å². The average molecular weight is 141 g/mol. The van der Waals surface area contributed by atoms with Crippen molar-refractivity contribution in [2.24, 2.45) is 0 Å². The summed E-state index contributed by atoms with van der Waals surface area (Å²) in [6.07, 6.45) is 0.737. The molecule has 0 N–H and O–H groups in total. The number of likely N-dealkylation sites (tertiary alicyclic amines) is 1. The van der Waals surface area contributed by atoms with E-state index in [0.29, 0.717) is 5.78 Å². The van der Waals surface area contributed by atoms with Gasteiger partial charge in [-0.2, -0.15) is 0 Å². The molecule has 0 spiro atoms. The quantitative estimate of drug-likeness (QED) is 0.544. The van der Waals surface area contributed by atoms with Crippen LogP contribution in [-0.2, 0) is 4.79 Å². The van der Waals surface area contributed by atoms with E-state index >= 15 is 0 Å². The molecule has 0 saturated carbocycles. The number of likely N-dealkylation sites (N-methyl/N-ethyl adjacent to an activating group) is 1. The van der Waals surface area contributed by atoms with Crippen molar-refractivity contribution < 1.29 is 4.79 Å². The summed E-state index contributed by atoms with van der Waals surface area (Å²) < 4.78 is 0.